The van der Waals surface area contributed by atoms with Crippen LogP contribution in [0.2, 0.25) is 0 Å². The van der Waals surface area contributed by atoms with Crippen LogP contribution < -0.4 is 16.4 Å². The molecule has 4 N–H and O–H groups in total. The Morgan fingerprint density at radius 1 is 1.56 bits per heavy atom. The van der Waals surface area contributed by atoms with Crippen LogP contribution in [0.25, 0.3) is 0 Å². The number of carbonyl (C=O) groups is 1. The van der Waals surface area contributed by atoms with Crippen molar-refractivity contribution in [1.29, 1.82) is 0 Å². The molecule has 1 aromatic heterocycles. The Morgan fingerprint density at radius 3 is 2.89 bits per heavy atom. The van der Waals surface area contributed by atoms with Gasteiger partial charge in [0.2, 0.25) is 5.91 Å². The molecule has 1 amide bonds. The van der Waals surface area contributed by atoms with Crippen molar-refractivity contribution in [3.63, 3.8) is 0 Å². The Hall–Kier alpha value is -1.62. The lowest BCUT2D eigenvalue weighted by Gasteiger charge is -2.32. The second-order valence-corrected chi connectivity index (χ2v) is 4.93. The first kappa shape index (κ1) is 12.8. The molecule has 0 radical (unpaired) electrons. The number of hydrogen-bond acceptors (Lipinski definition) is 4. The molecule has 2 rings (SSSR count). The maximum atomic E-state index is 11.2. The van der Waals surface area contributed by atoms with Crippen molar-refractivity contribution in [2.24, 2.45) is 17.4 Å². The Labute approximate surface area is 107 Å². The van der Waals surface area contributed by atoms with Gasteiger partial charge in [-0.2, -0.15) is 0 Å². The summed E-state index contributed by atoms with van der Waals surface area (Å²) in [6.45, 7) is 3.52. The molecule has 1 saturated heterocycles. The maximum absolute atomic E-state index is 11.2. The van der Waals surface area contributed by atoms with Crippen molar-refractivity contribution >= 4 is 11.7 Å². The summed E-state index contributed by atoms with van der Waals surface area (Å²) in [5, 5.41) is 0. The average Bonchev–Trinajstić information content (AvgIpc) is 2.39. The van der Waals surface area contributed by atoms with Crippen LogP contribution in [-0.4, -0.2) is 24.0 Å². The molecule has 0 bridgehead atoms. The van der Waals surface area contributed by atoms with Gasteiger partial charge in [0.15, 0.2) is 0 Å². The molecule has 0 spiro atoms. The monoisotopic (exact) mass is 248 g/mol. The molecule has 0 saturated carbocycles. The van der Waals surface area contributed by atoms with Crippen LogP contribution in [0.4, 0.5) is 5.82 Å². The quantitative estimate of drug-likeness (QED) is 0.828. The Kier molecular flexibility index (Phi) is 3.81. The van der Waals surface area contributed by atoms with E-state index in [2.05, 4.69) is 9.88 Å². The second kappa shape index (κ2) is 5.35. The van der Waals surface area contributed by atoms with Gasteiger partial charge in [0, 0.05) is 25.3 Å². The number of carbonyl (C=O) groups excluding carboxylic acids is 1. The molecule has 1 aromatic rings. The van der Waals surface area contributed by atoms with Crippen molar-refractivity contribution < 1.29 is 4.79 Å². The van der Waals surface area contributed by atoms with Gasteiger partial charge >= 0.3 is 0 Å². The fourth-order valence-corrected chi connectivity index (χ4v) is 2.27. The SMILES string of the molecule is CC(N)c1ccc(N2CCCC(C(N)=O)C2)nc1. The summed E-state index contributed by atoms with van der Waals surface area (Å²) in [5.74, 6) is 0.617. The highest BCUT2D eigenvalue weighted by atomic mass is 16.1. The number of pyridine rings is 1. The normalized spacial score (nSPS) is 21.7. The van der Waals surface area contributed by atoms with Crippen molar-refractivity contribution in [3.05, 3.63) is 23.9 Å². The van der Waals surface area contributed by atoms with Crippen LogP contribution in [0.3, 0.4) is 0 Å². The molecule has 5 heteroatoms. The van der Waals surface area contributed by atoms with Gasteiger partial charge in [-0.25, -0.2) is 4.98 Å². The zero-order valence-corrected chi connectivity index (χ0v) is 10.7. The molecule has 98 valence electrons. The lowest BCUT2D eigenvalue weighted by molar-refractivity contribution is -0.122. The molecule has 2 atom stereocenters. The molecule has 18 heavy (non-hydrogen) atoms. The predicted octanol–water partition coefficient (Wildman–Crippen LogP) is 0.803. The van der Waals surface area contributed by atoms with E-state index in [0.717, 1.165) is 30.8 Å². The van der Waals surface area contributed by atoms with Crippen LogP contribution in [0.1, 0.15) is 31.4 Å². The summed E-state index contributed by atoms with van der Waals surface area (Å²) in [5.41, 5.74) is 12.2. The van der Waals surface area contributed by atoms with Crippen molar-refractivity contribution in [1.82, 2.24) is 4.98 Å². The highest BCUT2D eigenvalue weighted by molar-refractivity contribution is 5.77. The number of piperidine rings is 1. The number of hydrogen-bond donors (Lipinski definition) is 2. The molecule has 0 aliphatic carbocycles. The molecule has 1 aliphatic rings. The van der Waals surface area contributed by atoms with Crippen molar-refractivity contribution in [2.45, 2.75) is 25.8 Å². The van der Waals surface area contributed by atoms with Crippen LogP contribution in [0.15, 0.2) is 18.3 Å². The van der Waals surface area contributed by atoms with E-state index in [9.17, 15) is 4.79 Å². The number of nitrogens with zero attached hydrogens (tertiary/aromatic N) is 2. The zero-order chi connectivity index (χ0) is 13.1. The smallest absolute Gasteiger partial charge is 0.222 e. The minimum Gasteiger partial charge on any atom is -0.369 e. The second-order valence-electron chi connectivity index (χ2n) is 4.93. The number of aromatic nitrogens is 1. The minimum absolute atomic E-state index is 0.00808. The number of primary amides is 1. The molecule has 2 heterocycles. The third-order valence-electron chi connectivity index (χ3n) is 3.44. The molecule has 2 unspecified atom stereocenters. The molecular weight excluding hydrogens is 228 g/mol. The van der Waals surface area contributed by atoms with E-state index in [1.165, 1.54) is 0 Å². The third kappa shape index (κ3) is 2.79. The van der Waals surface area contributed by atoms with Crippen LogP contribution in [0.5, 0.6) is 0 Å². The largest absolute Gasteiger partial charge is 0.369 e. The summed E-state index contributed by atoms with van der Waals surface area (Å²) in [4.78, 5) is 17.8. The fraction of sp³-hybridized carbons (Fsp3) is 0.538. The topological polar surface area (TPSA) is 85.2 Å². The van der Waals surface area contributed by atoms with Gasteiger partial charge in [0.1, 0.15) is 5.82 Å². The Morgan fingerprint density at radius 2 is 2.33 bits per heavy atom. The zero-order valence-electron chi connectivity index (χ0n) is 10.7. The van der Waals surface area contributed by atoms with Crippen LogP contribution >= 0.6 is 0 Å². The van der Waals surface area contributed by atoms with E-state index >= 15 is 0 Å². The molecule has 1 aliphatic heterocycles. The predicted molar refractivity (Wildman–Crippen MR) is 71.0 cm³/mol. The Bertz CT molecular complexity index is 416. The van der Waals surface area contributed by atoms with E-state index < -0.39 is 0 Å². The summed E-state index contributed by atoms with van der Waals surface area (Å²) < 4.78 is 0. The first-order valence-electron chi connectivity index (χ1n) is 6.33. The molecule has 0 aromatic carbocycles. The van der Waals surface area contributed by atoms with Crippen LogP contribution in [0, 0.1) is 5.92 Å². The lowest BCUT2D eigenvalue weighted by atomic mass is 9.97. The van der Waals surface area contributed by atoms with Gasteiger partial charge in [0.05, 0.1) is 5.92 Å². The van der Waals surface area contributed by atoms with Gasteiger partial charge < -0.3 is 16.4 Å². The summed E-state index contributed by atoms with van der Waals surface area (Å²) in [6, 6.07) is 3.94. The molecular formula is C13H20N4O. The third-order valence-corrected chi connectivity index (χ3v) is 3.44. The number of rotatable bonds is 3. The van der Waals surface area contributed by atoms with E-state index in [-0.39, 0.29) is 17.9 Å². The summed E-state index contributed by atoms with van der Waals surface area (Å²) in [6.07, 6.45) is 3.65. The van der Waals surface area contributed by atoms with Gasteiger partial charge in [-0.1, -0.05) is 6.07 Å². The van der Waals surface area contributed by atoms with Crippen molar-refractivity contribution in [2.75, 3.05) is 18.0 Å². The fourth-order valence-electron chi connectivity index (χ4n) is 2.27. The molecule has 1 fully saturated rings. The molecule has 5 nitrogen and oxygen atoms in total. The Balaban J connectivity index is 2.09. The van der Waals surface area contributed by atoms with E-state index in [1.54, 1.807) is 6.20 Å². The van der Waals surface area contributed by atoms with Gasteiger partial charge in [-0.05, 0) is 31.4 Å². The van der Waals surface area contributed by atoms with Gasteiger partial charge in [-0.15, -0.1) is 0 Å². The van der Waals surface area contributed by atoms with Gasteiger partial charge in [-0.3, -0.25) is 4.79 Å². The van der Waals surface area contributed by atoms with E-state index in [4.69, 9.17) is 11.5 Å². The highest BCUT2D eigenvalue weighted by Crippen LogP contribution is 2.22. The van der Waals surface area contributed by atoms with Gasteiger partial charge in [0.25, 0.3) is 0 Å². The summed E-state index contributed by atoms with van der Waals surface area (Å²) in [7, 11) is 0. The van der Waals surface area contributed by atoms with Crippen LogP contribution in [-0.2, 0) is 4.79 Å². The number of amides is 1. The van der Waals surface area contributed by atoms with E-state index in [1.807, 2.05) is 19.1 Å². The first-order chi connectivity index (χ1) is 8.58. The number of anilines is 1. The van der Waals surface area contributed by atoms with Crippen molar-refractivity contribution in [3.8, 4) is 0 Å². The highest BCUT2D eigenvalue weighted by Gasteiger charge is 2.24. The lowest BCUT2D eigenvalue weighted by Crippen LogP contribution is -2.41. The number of nitrogens with two attached hydrogens (primary N) is 2. The standard InChI is InChI=1S/C13H20N4O/c1-9(14)10-4-5-12(16-7-10)17-6-2-3-11(8-17)13(15)18/h4-5,7,9,11H,2-3,6,8,14H2,1H3,(H2,15,18). The maximum Gasteiger partial charge on any atom is 0.222 e. The minimum atomic E-state index is -0.216. The summed E-state index contributed by atoms with van der Waals surface area (Å²) >= 11 is 0. The first-order valence-corrected chi connectivity index (χ1v) is 6.33. The van der Waals surface area contributed by atoms with E-state index in [0.29, 0.717) is 6.54 Å². The average molecular weight is 248 g/mol.